The Labute approximate surface area is 152 Å². The Morgan fingerprint density at radius 3 is 2.64 bits per heavy atom. The van der Waals surface area contributed by atoms with Crippen LogP contribution in [0.4, 0.5) is 5.13 Å². The number of carbonyl (C=O) groups is 2. The van der Waals surface area contributed by atoms with Gasteiger partial charge < -0.3 is 0 Å². The van der Waals surface area contributed by atoms with E-state index in [1.807, 2.05) is 31.2 Å². The third-order valence-corrected chi connectivity index (χ3v) is 4.77. The van der Waals surface area contributed by atoms with Gasteiger partial charge in [0.05, 0.1) is 16.3 Å². The second-order valence-corrected chi connectivity index (χ2v) is 6.89. The Kier molecular flexibility index (Phi) is 4.79. The third-order valence-electron chi connectivity index (χ3n) is 3.58. The van der Waals surface area contributed by atoms with E-state index < -0.39 is 17.6 Å². The lowest BCUT2D eigenvalue weighted by Crippen LogP contribution is -2.27. The maximum Gasteiger partial charge on any atom is 0.295 e. The monoisotopic (exact) mass is 369 g/mol. The summed E-state index contributed by atoms with van der Waals surface area (Å²) in [4.78, 5) is 28.8. The fourth-order valence-electron chi connectivity index (χ4n) is 2.31. The molecule has 0 fully saturated rings. The number of carbonyl (C=O) groups excluding carboxylic acids is 2. The average molecular weight is 370 g/mol. The number of nitrogens with zero attached hydrogens (tertiary/aromatic N) is 2. The maximum absolute atomic E-state index is 12.3. The van der Waals surface area contributed by atoms with E-state index in [0.717, 1.165) is 15.8 Å². The molecule has 0 spiro atoms. The normalized spacial score (nSPS) is 11.7. The van der Waals surface area contributed by atoms with Crippen molar-refractivity contribution in [1.29, 1.82) is 5.26 Å². The van der Waals surface area contributed by atoms with Gasteiger partial charge in [-0.25, -0.2) is 4.98 Å². The van der Waals surface area contributed by atoms with Gasteiger partial charge in [-0.05, 0) is 42.3 Å². The van der Waals surface area contributed by atoms with Crippen LogP contribution in [0, 0.1) is 18.3 Å². The quantitative estimate of drug-likeness (QED) is 0.702. The summed E-state index contributed by atoms with van der Waals surface area (Å²) in [5.74, 6) is -2.88. The molecule has 1 amide bonds. The largest absolute Gasteiger partial charge is 0.295 e. The van der Waals surface area contributed by atoms with Crippen LogP contribution in [0.15, 0.2) is 42.5 Å². The molecule has 0 bridgehead atoms. The first-order valence-corrected chi connectivity index (χ1v) is 8.55. The molecule has 3 rings (SSSR count). The van der Waals surface area contributed by atoms with Gasteiger partial charge in [0.15, 0.2) is 5.13 Å². The standard InChI is InChI=1S/C18H12ClN3O2S/c1-10-2-7-14-15(8-10)25-18(21-14)22-17(24)16(23)13(9-20)11-3-5-12(19)6-4-11/h2-8,13H,1H3,(H,21,22,24). The predicted molar refractivity (Wildman–Crippen MR) is 97.8 cm³/mol. The summed E-state index contributed by atoms with van der Waals surface area (Å²) in [5, 5.41) is 12.6. The van der Waals surface area contributed by atoms with Gasteiger partial charge in [0.2, 0.25) is 5.78 Å². The molecular formula is C18H12ClN3O2S. The van der Waals surface area contributed by atoms with Gasteiger partial charge in [-0.15, -0.1) is 0 Å². The summed E-state index contributed by atoms with van der Waals surface area (Å²) in [6, 6.07) is 13.9. The summed E-state index contributed by atoms with van der Waals surface area (Å²) in [6.45, 7) is 1.96. The molecule has 1 N–H and O–H groups in total. The van der Waals surface area contributed by atoms with Crippen molar-refractivity contribution in [2.45, 2.75) is 12.8 Å². The molecule has 1 unspecified atom stereocenters. The number of anilines is 1. The maximum atomic E-state index is 12.3. The zero-order chi connectivity index (χ0) is 18.0. The van der Waals surface area contributed by atoms with Gasteiger partial charge in [0.25, 0.3) is 5.91 Å². The minimum atomic E-state index is -1.19. The van der Waals surface area contributed by atoms with Gasteiger partial charge >= 0.3 is 0 Å². The fraction of sp³-hybridized carbons (Fsp3) is 0.111. The molecule has 0 aliphatic heterocycles. The highest BCUT2D eigenvalue weighted by Gasteiger charge is 2.27. The second kappa shape index (κ2) is 7.01. The molecule has 7 heteroatoms. The molecule has 1 aromatic heterocycles. The molecule has 0 radical (unpaired) electrons. The smallest absolute Gasteiger partial charge is 0.295 e. The van der Waals surface area contributed by atoms with Crippen molar-refractivity contribution < 1.29 is 9.59 Å². The van der Waals surface area contributed by atoms with E-state index in [2.05, 4.69) is 10.3 Å². The number of nitrogens with one attached hydrogen (secondary N) is 1. The molecule has 1 heterocycles. The van der Waals surface area contributed by atoms with E-state index in [9.17, 15) is 14.9 Å². The number of ketones is 1. The van der Waals surface area contributed by atoms with Crippen LogP contribution in [0.25, 0.3) is 10.2 Å². The number of aryl methyl sites for hydroxylation is 1. The van der Waals surface area contributed by atoms with Crippen molar-refractivity contribution in [2.24, 2.45) is 0 Å². The molecule has 2 aromatic carbocycles. The van der Waals surface area contributed by atoms with Crippen molar-refractivity contribution in [3.63, 3.8) is 0 Å². The molecule has 3 aromatic rings. The number of halogens is 1. The van der Waals surface area contributed by atoms with Crippen LogP contribution in [0.1, 0.15) is 17.0 Å². The first-order valence-electron chi connectivity index (χ1n) is 7.35. The van der Waals surface area contributed by atoms with Crippen LogP contribution in [-0.4, -0.2) is 16.7 Å². The molecule has 25 heavy (non-hydrogen) atoms. The number of fused-ring (bicyclic) bond motifs is 1. The van der Waals surface area contributed by atoms with Gasteiger partial charge in [0.1, 0.15) is 5.92 Å². The highest BCUT2D eigenvalue weighted by Crippen LogP contribution is 2.27. The highest BCUT2D eigenvalue weighted by atomic mass is 35.5. The topological polar surface area (TPSA) is 82.8 Å². The lowest BCUT2D eigenvalue weighted by atomic mass is 9.96. The molecule has 0 saturated heterocycles. The third kappa shape index (κ3) is 3.68. The number of thiazole rings is 1. The molecule has 0 saturated carbocycles. The summed E-state index contributed by atoms with van der Waals surface area (Å²) in [5.41, 5.74) is 2.25. The van der Waals surface area contributed by atoms with E-state index >= 15 is 0 Å². The number of benzene rings is 2. The van der Waals surface area contributed by atoms with Crippen LogP contribution < -0.4 is 5.32 Å². The van der Waals surface area contributed by atoms with Crippen molar-refractivity contribution in [3.8, 4) is 6.07 Å². The summed E-state index contributed by atoms with van der Waals surface area (Å²) >= 11 is 7.08. The predicted octanol–water partition coefficient (Wildman–Crippen LogP) is 4.07. The van der Waals surface area contributed by atoms with E-state index in [0.29, 0.717) is 15.7 Å². The molecule has 1 atom stereocenters. The van der Waals surface area contributed by atoms with Crippen molar-refractivity contribution >= 4 is 50.0 Å². The molecule has 0 aliphatic rings. The minimum absolute atomic E-state index is 0.326. The zero-order valence-electron chi connectivity index (χ0n) is 13.1. The highest BCUT2D eigenvalue weighted by molar-refractivity contribution is 7.22. The first kappa shape index (κ1) is 17.1. The van der Waals surface area contributed by atoms with Gasteiger partial charge in [-0.2, -0.15) is 5.26 Å². The Bertz CT molecular complexity index is 1010. The van der Waals surface area contributed by atoms with Crippen LogP contribution in [0.3, 0.4) is 0 Å². The molecule has 124 valence electrons. The number of aromatic nitrogens is 1. The van der Waals surface area contributed by atoms with Crippen LogP contribution in [-0.2, 0) is 9.59 Å². The van der Waals surface area contributed by atoms with E-state index in [4.69, 9.17) is 11.6 Å². The van der Waals surface area contributed by atoms with Gasteiger partial charge in [-0.3, -0.25) is 14.9 Å². The van der Waals surface area contributed by atoms with Gasteiger partial charge in [-0.1, -0.05) is 41.1 Å². The number of nitriles is 1. The summed E-state index contributed by atoms with van der Waals surface area (Å²) in [7, 11) is 0. The molecule has 5 nitrogen and oxygen atoms in total. The second-order valence-electron chi connectivity index (χ2n) is 5.42. The SMILES string of the molecule is Cc1ccc2nc(NC(=O)C(=O)C(C#N)c3ccc(Cl)cc3)sc2c1. The van der Waals surface area contributed by atoms with Crippen LogP contribution in [0.2, 0.25) is 5.02 Å². The van der Waals surface area contributed by atoms with E-state index in [1.54, 1.807) is 24.3 Å². The number of amides is 1. The van der Waals surface area contributed by atoms with E-state index in [-0.39, 0.29) is 0 Å². The Hall–Kier alpha value is -2.75. The zero-order valence-corrected chi connectivity index (χ0v) is 14.7. The molecule has 0 aliphatic carbocycles. The fourth-order valence-corrected chi connectivity index (χ4v) is 3.40. The van der Waals surface area contributed by atoms with Crippen molar-refractivity contribution in [2.75, 3.05) is 5.32 Å². The van der Waals surface area contributed by atoms with Gasteiger partial charge in [0, 0.05) is 5.02 Å². The average Bonchev–Trinajstić information content (AvgIpc) is 2.98. The lowest BCUT2D eigenvalue weighted by Gasteiger charge is -2.08. The number of rotatable bonds is 4. The lowest BCUT2D eigenvalue weighted by molar-refractivity contribution is -0.135. The van der Waals surface area contributed by atoms with Crippen LogP contribution in [0.5, 0.6) is 0 Å². The summed E-state index contributed by atoms with van der Waals surface area (Å²) < 4.78 is 0.914. The summed E-state index contributed by atoms with van der Waals surface area (Å²) in [6.07, 6.45) is 0. The molecular weight excluding hydrogens is 358 g/mol. The number of hydrogen-bond acceptors (Lipinski definition) is 5. The minimum Gasteiger partial charge on any atom is -0.295 e. The first-order chi connectivity index (χ1) is 12.0. The number of hydrogen-bond donors (Lipinski definition) is 1. The Balaban J connectivity index is 1.79. The Morgan fingerprint density at radius 2 is 1.96 bits per heavy atom. The van der Waals surface area contributed by atoms with Crippen molar-refractivity contribution in [1.82, 2.24) is 4.98 Å². The van der Waals surface area contributed by atoms with Crippen LogP contribution >= 0.6 is 22.9 Å². The van der Waals surface area contributed by atoms with Crippen molar-refractivity contribution in [3.05, 3.63) is 58.6 Å². The number of Topliss-reactive ketones (excluding diaryl/α,β-unsaturated/α-hetero) is 1. The Morgan fingerprint density at radius 1 is 1.24 bits per heavy atom. The van der Waals surface area contributed by atoms with E-state index in [1.165, 1.54) is 11.3 Å².